The highest BCUT2D eigenvalue weighted by Gasteiger charge is 2.29. The quantitative estimate of drug-likeness (QED) is 0.729. The van der Waals surface area contributed by atoms with Crippen molar-refractivity contribution < 1.29 is 4.79 Å². The van der Waals surface area contributed by atoms with E-state index in [-0.39, 0.29) is 6.03 Å². The Balaban J connectivity index is 1.85. The molecule has 1 aliphatic heterocycles. The van der Waals surface area contributed by atoms with Crippen molar-refractivity contribution in [2.45, 2.75) is 44.7 Å². The monoisotopic (exact) mass is 211 g/mol. The maximum atomic E-state index is 11.9. The Kier molecular flexibility index (Phi) is 3.46. The highest BCUT2D eigenvalue weighted by molar-refractivity contribution is 5.75. The predicted octanol–water partition coefficient (Wildman–Crippen LogP) is 0.932. The van der Waals surface area contributed by atoms with Gasteiger partial charge >= 0.3 is 6.03 Å². The molecule has 2 N–H and O–H groups in total. The summed E-state index contributed by atoms with van der Waals surface area (Å²) in [5, 5.41) is 6.40. The van der Waals surface area contributed by atoms with E-state index >= 15 is 0 Å². The van der Waals surface area contributed by atoms with Crippen LogP contribution in [0.5, 0.6) is 0 Å². The van der Waals surface area contributed by atoms with Crippen molar-refractivity contribution in [2.24, 2.45) is 0 Å². The van der Waals surface area contributed by atoms with E-state index in [1.807, 2.05) is 4.90 Å². The van der Waals surface area contributed by atoms with E-state index in [0.717, 1.165) is 45.3 Å². The van der Waals surface area contributed by atoms with Crippen molar-refractivity contribution in [1.29, 1.82) is 0 Å². The number of piperidine rings is 1. The molecule has 2 amide bonds. The van der Waals surface area contributed by atoms with E-state index in [4.69, 9.17) is 0 Å². The summed E-state index contributed by atoms with van der Waals surface area (Å²) in [6.07, 6.45) is 4.50. The lowest BCUT2D eigenvalue weighted by Gasteiger charge is -2.33. The second-order valence-corrected chi connectivity index (χ2v) is 4.49. The summed E-state index contributed by atoms with van der Waals surface area (Å²) in [5.74, 6) is 0. The zero-order valence-electron chi connectivity index (χ0n) is 9.46. The molecule has 1 saturated heterocycles. The van der Waals surface area contributed by atoms with Gasteiger partial charge in [-0.3, -0.25) is 0 Å². The number of nitrogens with zero attached hydrogens (tertiary/aromatic N) is 1. The SMILES string of the molecule is CCN(C(=O)NC1CC1)C1CCNCC1. The molecule has 0 unspecified atom stereocenters. The van der Waals surface area contributed by atoms with E-state index in [1.54, 1.807) is 0 Å². The van der Waals surface area contributed by atoms with Gasteiger partial charge in [-0.15, -0.1) is 0 Å². The van der Waals surface area contributed by atoms with Crippen LogP contribution >= 0.6 is 0 Å². The minimum atomic E-state index is 0.145. The van der Waals surface area contributed by atoms with Crippen molar-refractivity contribution in [1.82, 2.24) is 15.5 Å². The normalized spacial score (nSPS) is 22.5. The van der Waals surface area contributed by atoms with E-state index in [2.05, 4.69) is 17.6 Å². The third kappa shape index (κ3) is 2.84. The molecule has 0 atom stereocenters. The van der Waals surface area contributed by atoms with E-state index in [9.17, 15) is 4.79 Å². The fourth-order valence-corrected chi connectivity index (χ4v) is 2.17. The van der Waals surface area contributed by atoms with E-state index in [1.165, 1.54) is 0 Å². The van der Waals surface area contributed by atoms with Gasteiger partial charge in [-0.2, -0.15) is 0 Å². The molecule has 1 heterocycles. The molecular formula is C11H21N3O. The molecule has 2 fully saturated rings. The average molecular weight is 211 g/mol. The molecule has 86 valence electrons. The van der Waals surface area contributed by atoms with Crippen molar-refractivity contribution in [3.63, 3.8) is 0 Å². The number of carbonyl (C=O) groups excluding carboxylic acids is 1. The number of hydrogen-bond donors (Lipinski definition) is 2. The number of rotatable bonds is 3. The van der Waals surface area contributed by atoms with Gasteiger partial charge < -0.3 is 15.5 Å². The first-order valence-corrected chi connectivity index (χ1v) is 6.09. The third-order valence-electron chi connectivity index (χ3n) is 3.26. The van der Waals surface area contributed by atoms with Gasteiger partial charge in [-0.05, 0) is 45.7 Å². The van der Waals surface area contributed by atoms with E-state index < -0.39 is 0 Å². The molecule has 0 radical (unpaired) electrons. The molecule has 0 bridgehead atoms. The van der Waals surface area contributed by atoms with Crippen LogP contribution in [0.1, 0.15) is 32.6 Å². The minimum absolute atomic E-state index is 0.145. The zero-order valence-corrected chi connectivity index (χ0v) is 9.46. The molecule has 1 saturated carbocycles. The maximum Gasteiger partial charge on any atom is 0.317 e. The third-order valence-corrected chi connectivity index (χ3v) is 3.26. The Morgan fingerprint density at radius 3 is 2.53 bits per heavy atom. The Labute approximate surface area is 91.4 Å². The molecule has 0 aromatic rings. The number of carbonyl (C=O) groups is 1. The van der Waals surface area contributed by atoms with Gasteiger partial charge in [0, 0.05) is 18.6 Å². The van der Waals surface area contributed by atoms with Crippen LogP contribution in [0.3, 0.4) is 0 Å². The first kappa shape index (κ1) is 10.7. The molecule has 0 spiro atoms. The maximum absolute atomic E-state index is 11.9. The second-order valence-electron chi connectivity index (χ2n) is 4.49. The summed E-state index contributed by atoms with van der Waals surface area (Å²) in [5.41, 5.74) is 0. The van der Waals surface area contributed by atoms with Crippen LogP contribution in [0.2, 0.25) is 0 Å². The molecule has 2 aliphatic rings. The van der Waals surface area contributed by atoms with Gasteiger partial charge in [0.05, 0.1) is 0 Å². The van der Waals surface area contributed by atoms with Crippen LogP contribution in [0.15, 0.2) is 0 Å². The summed E-state index contributed by atoms with van der Waals surface area (Å²) in [6.45, 7) is 4.97. The molecule has 0 aromatic carbocycles. The van der Waals surface area contributed by atoms with Gasteiger partial charge in [0.15, 0.2) is 0 Å². The smallest absolute Gasteiger partial charge is 0.317 e. The first-order valence-electron chi connectivity index (χ1n) is 6.09. The minimum Gasteiger partial charge on any atom is -0.335 e. The van der Waals surface area contributed by atoms with Crippen molar-refractivity contribution in [3.05, 3.63) is 0 Å². The topological polar surface area (TPSA) is 44.4 Å². The summed E-state index contributed by atoms with van der Waals surface area (Å²) < 4.78 is 0. The van der Waals surface area contributed by atoms with Crippen LogP contribution in [0.4, 0.5) is 4.79 Å². The van der Waals surface area contributed by atoms with Crippen molar-refractivity contribution in [3.8, 4) is 0 Å². The van der Waals surface area contributed by atoms with Crippen molar-refractivity contribution >= 4 is 6.03 Å². The fourth-order valence-electron chi connectivity index (χ4n) is 2.17. The molecule has 4 nitrogen and oxygen atoms in total. The number of hydrogen-bond acceptors (Lipinski definition) is 2. The van der Waals surface area contributed by atoms with Crippen LogP contribution in [0.25, 0.3) is 0 Å². The first-order chi connectivity index (χ1) is 7.31. The number of amides is 2. The molecule has 2 rings (SSSR count). The molecular weight excluding hydrogens is 190 g/mol. The highest BCUT2D eigenvalue weighted by atomic mass is 16.2. The second kappa shape index (κ2) is 4.84. The van der Waals surface area contributed by atoms with Gasteiger partial charge in [0.2, 0.25) is 0 Å². The summed E-state index contributed by atoms with van der Waals surface area (Å²) in [7, 11) is 0. The van der Waals surface area contributed by atoms with Crippen LogP contribution in [0, 0.1) is 0 Å². The lowest BCUT2D eigenvalue weighted by molar-refractivity contribution is 0.162. The lowest BCUT2D eigenvalue weighted by atomic mass is 10.1. The molecule has 1 aliphatic carbocycles. The van der Waals surface area contributed by atoms with Gasteiger partial charge in [0.1, 0.15) is 0 Å². The van der Waals surface area contributed by atoms with E-state index in [0.29, 0.717) is 12.1 Å². The fraction of sp³-hybridized carbons (Fsp3) is 0.909. The highest BCUT2D eigenvalue weighted by Crippen LogP contribution is 2.20. The Bertz CT molecular complexity index is 222. The molecule has 0 aromatic heterocycles. The Morgan fingerprint density at radius 1 is 1.33 bits per heavy atom. The van der Waals surface area contributed by atoms with Crippen LogP contribution < -0.4 is 10.6 Å². The standard InChI is InChI=1S/C11H21N3O/c1-2-14(10-5-7-12-8-6-10)11(15)13-9-3-4-9/h9-10,12H,2-8H2,1H3,(H,13,15). The number of nitrogens with one attached hydrogen (secondary N) is 2. The zero-order chi connectivity index (χ0) is 10.7. The average Bonchev–Trinajstić information content (AvgIpc) is 3.04. The van der Waals surface area contributed by atoms with Crippen LogP contribution in [-0.2, 0) is 0 Å². The van der Waals surface area contributed by atoms with Crippen molar-refractivity contribution in [2.75, 3.05) is 19.6 Å². The summed E-state index contributed by atoms with van der Waals surface area (Å²) >= 11 is 0. The lowest BCUT2D eigenvalue weighted by Crippen LogP contribution is -2.50. The molecule has 15 heavy (non-hydrogen) atoms. The van der Waals surface area contributed by atoms with Gasteiger partial charge in [-0.25, -0.2) is 4.79 Å². The molecule has 4 heteroatoms. The number of urea groups is 1. The Hall–Kier alpha value is -0.770. The summed E-state index contributed by atoms with van der Waals surface area (Å²) in [6, 6.07) is 1.05. The largest absolute Gasteiger partial charge is 0.335 e. The van der Waals surface area contributed by atoms with Crippen LogP contribution in [-0.4, -0.2) is 42.6 Å². The predicted molar refractivity (Wildman–Crippen MR) is 59.8 cm³/mol. The van der Waals surface area contributed by atoms with Gasteiger partial charge in [-0.1, -0.05) is 0 Å². The summed E-state index contributed by atoms with van der Waals surface area (Å²) in [4.78, 5) is 13.9. The van der Waals surface area contributed by atoms with Gasteiger partial charge in [0.25, 0.3) is 0 Å². The Morgan fingerprint density at radius 2 is 2.00 bits per heavy atom.